The van der Waals surface area contributed by atoms with Crippen molar-refractivity contribution >= 4 is 28.4 Å². The number of amides is 1. The van der Waals surface area contributed by atoms with Crippen LogP contribution in [0.25, 0.3) is 11.0 Å². The Morgan fingerprint density at radius 2 is 1.81 bits per heavy atom. The van der Waals surface area contributed by atoms with E-state index in [0.29, 0.717) is 30.6 Å². The van der Waals surface area contributed by atoms with Gasteiger partial charge in [0.2, 0.25) is 5.91 Å². The van der Waals surface area contributed by atoms with Crippen LogP contribution in [0.1, 0.15) is 29.7 Å². The van der Waals surface area contributed by atoms with Gasteiger partial charge in [-0.2, -0.15) is 13.2 Å². The van der Waals surface area contributed by atoms with Gasteiger partial charge in [0.15, 0.2) is 11.5 Å². The zero-order valence-electron chi connectivity index (χ0n) is 17.3. The number of piperidine rings is 1. The highest BCUT2D eigenvalue weighted by molar-refractivity contribution is 5.93. The number of para-hydroxylation sites is 2. The molecule has 0 unspecified atom stereocenters. The SMILES string of the molecule is Cc1ccc(NC(=O)[C@H]2CCCN(c3nc4ccccc4nc3C(F)(F)F)C2)c(C)c1. The highest BCUT2D eigenvalue weighted by Crippen LogP contribution is 2.36. The van der Waals surface area contributed by atoms with Gasteiger partial charge >= 0.3 is 6.18 Å². The number of halogens is 3. The second kappa shape index (κ2) is 8.17. The van der Waals surface area contributed by atoms with Crippen LogP contribution >= 0.6 is 0 Å². The predicted octanol–water partition coefficient (Wildman–Crippen LogP) is 5.12. The molecule has 31 heavy (non-hydrogen) atoms. The van der Waals surface area contributed by atoms with Crippen LogP contribution in [0, 0.1) is 19.8 Å². The summed E-state index contributed by atoms with van der Waals surface area (Å²) in [6, 6.07) is 12.2. The fourth-order valence-electron chi connectivity index (χ4n) is 3.97. The van der Waals surface area contributed by atoms with Gasteiger partial charge in [-0.25, -0.2) is 9.97 Å². The van der Waals surface area contributed by atoms with Gasteiger partial charge in [0.1, 0.15) is 0 Å². The number of fused-ring (bicyclic) bond motifs is 1. The number of carbonyl (C=O) groups is 1. The van der Waals surface area contributed by atoms with E-state index in [1.54, 1.807) is 18.2 Å². The molecule has 3 aromatic rings. The summed E-state index contributed by atoms with van der Waals surface area (Å²) in [6.45, 7) is 4.44. The standard InChI is InChI=1S/C23H23F3N4O/c1-14-9-10-17(15(2)12-14)29-22(31)16-6-5-11-30(13-16)21-20(23(24,25)26)27-18-7-3-4-8-19(18)28-21/h3-4,7-10,12,16H,5-6,11,13H2,1-2H3,(H,29,31)/t16-/m0/s1. The third kappa shape index (κ3) is 4.47. The zero-order chi connectivity index (χ0) is 22.2. The summed E-state index contributed by atoms with van der Waals surface area (Å²) < 4.78 is 41.2. The van der Waals surface area contributed by atoms with E-state index in [1.165, 1.54) is 11.0 Å². The molecule has 1 amide bonds. The molecule has 1 N–H and O–H groups in total. The normalized spacial score (nSPS) is 17.1. The first-order valence-corrected chi connectivity index (χ1v) is 10.2. The first-order valence-electron chi connectivity index (χ1n) is 10.2. The molecule has 0 bridgehead atoms. The molecule has 1 fully saturated rings. The lowest BCUT2D eigenvalue weighted by Gasteiger charge is -2.34. The minimum Gasteiger partial charge on any atom is -0.354 e. The highest BCUT2D eigenvalue weighted by atomic mass is 19.4. The van der Waals surface area contributed by atoms with Gasteiger partial charge < -0.3 is 10.2 Å². The Morgan fingerprint density at radius 1 is 1.10 bits per heavy atom. The van der Waals surface area contributed by atoms with Crippen molar-refractivity contribution in [1.29, 1.82) is 0 Å². The smallest absolute Gasteiger partial charge is 0.354 e. The molecule has 5 nitrogen and oxygen atoms in total. The maximum absolute atomic E-state index is 13.7. The fourth-order valence-corrected chi connectivity index (χ4v) is 3.97. The van der Waals surface area contributed by atoms with Crippen LogP contribution in [0.15, 0.2) is 42.5 Å². The van der Waals surface area contributed by atoms with E-state index >= 15 is 0 Å². The zero-order valence-corrected chi connectivity index (χ0v) is 17.3. The van der Waals surface area contributed by atoms with Crippen molar-refractivity contribution in [2.24, 2.45) is 5.92 Å². The molecule has 2 heterocycles. The number of anilines is 2. The Hall–Kier alpha value is -3.16. The predicted molar refractivity (Wildman–Crippen MR) is 114 cm³/mol. The van der Waals surface area contributed by atoms with Crippen LogP contribution in [0.5, 0.6) is 0 Å². The van der Waals surface area contributed by atoms with Crippen molar-refractivity contribution in [1.82, 2.24) is 9.97 Å². The number of aryl methyl sites for hydroxylation is 2. The fraction of sp³-hybridized carbons (Fsp3) is 0.348. The summed E-state index contributed by atoms with van der Waals surface area (Å²) in [7, 11) is 0. The monoisotopic (exact) mass is 428 g/mol. The van der Waals surface area contributed by atoms with E-state index in [4.69, 9.17) is 0 Å². The molecule has 1 atom stereocenters. The summed E-state index contributed by atoms with van der Waals surface area (Å²) in [5.41, 5.74) is 2.33. The number of hydrogen-bond donors (Lipinski definition) is 1. The molecule has 4 rings (SSSR count). The van der Waals surface area contributed by atoms with Gasteiger partial charge in [-0.05, 0) is 50.5 Å². The van der Waals surface area contributed by atoms with Crippen molar-refractivity contribution in [3.8, 4) is 0 Å². The molecule has 1 aliphatic heterocycles. The molecule has 0 aliphatic carbocycles. The minimum absolute atomic E-state index is 0.160. The van der Waals surface area contributed by atoms with Crippen molar-refractivity contribution in [2.45, 2.75) is 32.9 Å². The summed E-state index contributed by atoms with van der Waals surface area (Å²) in [6.07, 6.45) is -3.44. The molecular formula is C23H23F3N4O. The summed E-state index contributed by atoms with van der Waals surface area (Å²) >= 11 is 0. The van der Waals surface area contributed by atoms with Crippen LogP contribution < -0.4 is 10.2 Å². The molecule has 0 radical (unpaired) electrons. The summed E-state index contributed by atoms with van der Waals surface area (Å²) in [5.74, 6) is -0.849. The van der Waals surface area contributed by atoms with E-state index in [9.17, 15) is 18.0 Å². The maximum Gasteiger partial charge on any atom is 0.437 e. The number of carbonyl (C=O) groups excluding carboxylic acids is 1. The van der Waals surface area contributed by atoms with E-state index in [-0.39, 0.29) is 23.8 Å². The summed E-state index contributed by atoms with van der Waals surface area (Å²) in [4.78, 5) is 22.5. The molecular weight excluding hydrogens is 405 g/mol. The number of rotatable bonds is 3. The van der Waals surface area contributed by atoms with Crippen LogP contribution in [0.3, 0.4) is 0 Å². The lowest BCUT2D eigenvalue weighted by Crippen LogP contribution is -2.42. The number of nitrogens with zero attached hydrogens (tertiary/aromatic N) is 3. The number of alkyl halides is 3. The van der Waals surface area contributed by atoms with E-state index in [0.717, 1.165) is 11.1 Å². The highest BCUT2D eigenvalue weighted by Gasteiger charge is 2.40. The minimum atomic E-state index is -4.64. The quantitative estimate of drug-likeness (QED) is 0.629. The molecule has 1 saturated heterocycles. The van der Waals surface area contributed by atoms with Crippen molar-refractivity contribution in [3.63, 3.8) is 0 Å². The number of benzene rings is 2. The van der Waals surface area contributed by atoms with E-state index < -0.39 is 17.8 Å². The van der Waals surface area contributed by atoms with Gasteiger partial charge in [-0.3, -0.25) is 4.79 Å². The first kappa shape index (κ1) is 21.1. The van der Waals surface area contributed by atoms with Crippen LogP contribution in [0.2, 0.25) is 0 Å². The number of hydrogen-bond acceptors (Lipinski definition) is 4. The lowest BCUT2D eigenvalue weighted by atomic mass is 9.96. The van der Waals surface area contributed by atoms with E-state index in [1.807, 2.05) is 32.0 Å². The third-order valence-corrected chi connectivity index (χ3v) is 5.55. The van der Waals surface area contributed by atoms with Crippen molar-refractivity contribution in [3.05, 3.63) is 59.3 Å². The molecule has 0 spiro atoms. The van der Waals surface area contributed by atoms with Crippen LogP contribution in [-0.2, 0) is 11.0 Å². The number of nitrogens with one attached hydrogen (secondary N) is 1. The first-order chi connectivity index (χ1) is 14.7. The Kier molecular flexibility index (Phi) is 5.56. The van der Waals surface area contributed by atoms with Crippen molar-refractivity contribution < 1.29 is 18.0 Å². The van der Waals surface area contributed by atoms with Gasteiger partial charge in [0.05, 0.1) is 17.0 Å². The molecule has 162 valence electrons. The lowest BCUT2D eigenvalue weighted by molar-refractivity contribution is -0.140. The third-order valence-electron chi connectivity index (χ3n) is 5.55. The van der Waals surface area contributed by atoms with Gasteiger partial charge in [-0.15, -0.1) is 0 Å². The molecule has 2 aromatic carbocycles. The number of aromatic nitrogens is 2. The van der Waals surface area contributed by atoms with E-state index in [2.05, 4.69) is 15.3 Å². The second-order valence-corrected chi connectivity index (χ2v) is 7.98. The Morgan fingerprint density at radius 3 is 2.48 bits per heavy atom. The topological polar surface area (TPSA) is 58.1 Å². The van der Waals surface area contributed by atoms with Crippen molar-refractivity contribution in [2.75, 3.05) is 23.3 Å². The van der Waals surface area contributed by atoms with Crippen LogP contribution in [0.4, 0.5) is 24.7 Å². The Bertz CT molecular complexity index is 1130. The largest absolute Gasteiger partial charge is 0.437 e. The average molecular weight is 428 g/mol. The molecule has 1 aliphatic rings. The molecule has 8 heteroatoms. The second-order valence-electron chi connectivity index (χ2n) is 7.98. The van der Waals surface area contributed by atoms with Gasteiger partial charge in [0.25, 0.3) is 0 Å². The Balaban J connectivity index is 1.61. The molecule has 0 saturated carbocycles. The summed E-state index contributed by atoms with van der Waals surface area (Å²) in [5, 5.41) is 2.93. The van der Waals surface area contributed by atoms with Gasteiger partial charge in [0, 0.05) is 18.8 Å². The van der Waals surface area contributed by atoms with Crippen LogP contribution in [-0.4, -0.2) is 29.0 Å². The molecule has 1 aromatic heterocycles. The van der Waals surface area contributed by atoms with Gasteiger partial charge in [-0.1, -0.05) is 29.8 Å². The Labute approximate surface area is 178 Å². The average Bonchev–Trinajstić information content (AvgIpc) is 2.74. The maximum atomic E-state index is 13.7.